The van der Waals surface area contributed by atoms with Crippen molar-refractivity contribution >= 4 is 17.5 Å². The van der Waals surface area contributed by atoms with Gasteiger partial charge in [0.05, 0.1) is 11.8 Å². The van der Waals surface area contributed by atoms with Crippen molar-refractivity contribution in [3.05, 3.63) is 35.9 Å². The topological polar surface area (TPSA) is 89.0 Å². The first-order valence-electron chi connectivity index (χ1n) is 8.66. The minimum Gasteiger partial charge on any atom is -0.382 e. The number of benzene rings is 1. The number of hydrogen-bond donors (Lipinski definition) is 2. The molecule has 0 saturated carbocycles. The zero-order valence-corrected chi connectivity index (χ0v) is 14.1. The van der Waals surface area contributed by atoms with Crippen LogP contribution >= 0.6 is 0 Å². The Morgan fingerprint density at radius 1 is 1.20 bits per heavy atom. The molecule has 25 heavy (non-hydrogen) atoms. The lowest BCUT2D eigenvalue weighted by atomic mass is 10.0. The normalized spacial score (nSPS) is 22.2. The Labute approximate surface area is 146 Å². The zero-order chi connectivity index (χ0) is 17.5. The summed E-state index contributed by atoms with van der Waals surface area (Å²) >= 11 is 0. The standard InChI is InChI=1S/C18H23N3O4/c22-17(20-12-14-7-4-10-24-14)8-9-19-18(23)16-11-15(21-25-16)13-5-2-1-3-6-13/h1-3,5-6,14,16H,4,7-12H2,(H,19,23)(H,20,22)/t14-,16-/m0/s1. The minimum atomic E-state index is -0.634. The van der Waals surface area contributed by atoms with E-state index in [0.29, 0.717) is 13.0 Å². The van der Waals surface area contributed by atoms with Crippen molar-refractivity contribution in [1.82, 2.24) is 10.6 Å². The van der Waals surface area contributed by atoms with Gasteiger partial charge < -0.3 is 20.2 Å². The molecule has 0 bridgehead atoms. The van der Waals surface area contributed by atoms with Crippen LogP contribution in [0.3, 0.4) is 0 Å². The molecular formula is C18H23N3O4. The van der Waals surface area contributed by atoms with Crippen LogP contribution in [-0.2, 0) is 19.2 Å². The molecule has 3 rings (SSSR count). The number of nitrogens with zero attached hydrogens (tertiary/aromatic N) is 1. The van der Waals surface area contributed by atoms with Gasteiger partial charge in [-0.2, -0.15) is 0 Å². The predicted octanol–water partition coefficient (Wildman–Crippen LogP) is 0.981. The van der Waals surface area contributed by atoms with Crippen LogP contribution in [0.1, 0.15) is 31.2 Å². The van der Waals surface area contributed by atoms with E-state index < -0.39 is 6.10 Å². The summed E-state index contributed by atoms with van der Waals surface area (Å²) in [5.41, 5.74) is 1.71. The molecule has 2 aliphatic heterocycles. The molecular weight excluding hydrogens is 322 g/mol. The van der Waals surface area contributed by atoms with Gasteiger partial charge in [-0.15, -0.1) is 0 Å². The van der Waals surface area contributed by atoms with Gasteiger partial charge in [-0.25, -0.2) is 0 Å². The van der Waals surface area contributed by atoms with Crippen molar-refractivity contribution in [3.8, 4) is 0 Å². The second kappa shape index (κ2) is 8.62. The van der Waals surface area contributed by atoms with Crippen molar-refractivity contribution in [2.24, 2.45) is 5.16 Å². The van der Waals surface area contributed by atoms with E-state index in [1.807, 2.05) is 30.3 Å². The Kier molecular flexibility index (Phi) is 6.00. The fraction of sp³-hybridized carbons (Fsp3) is 0.500. The highest BCUT2D eigenvalue weighted by Crippen LogP contribution is 2.16. The van der Waals surface area contributed by atoms with Crippen molar-refractivity contribution < 1.29 is 19.2 Å². The molecule has 0 aliphatic carbocycles. The molecule has 134 valence electrons. The minimum absolute atomic E-state index is 0.0932. The average Bonchev–Trinajstić information content (AvgIpc) is 3.32. The molecule has 0 aromatic heterocycles. The first-order valence-corrected chi connectivity index (χ1v) is 8.66. The Morgan fingerprint density at radius 3 is 2.80 bits per heavy atom. The lowest BCUT2D eigenvalue weighted by Gasteiger charge is -2.12. The number of hydrogen-bond acceptors (Lipinski definition) is 5. The third-order valence-electron chi connectivity index (χ3n) is 4.27. The highest BCUT2D eigenvalue weighted by atomic mass is 16.6. The number of carbonyl (C=O) groups is 2. The summed E-state index contributed by atoms with van der Waals surface area (Å²) in [5, 5.41) is 9.54. The predicted molar refractivity (Wildman–Crippen MR) is 92.1 cm³/mol. The van der Waals surface area contributed by atoms with Crippen LogP contribution in [0, 0.1) is 0 Å². The van der Waals surface area contributed by atoms with Gasteiger partial charge in [0.2, 0.25) is 12.0 Å². The van der Waals surface area contributed by atoms with Crippen LogP contribution in [0.15, 0.2) is 35.5 Å². The Balaban J connectivity index is 1.32. The molecule has 2 N–H and O–H groups in total. The van der Waals surface area contributed by atoms with Gasteiger partial charge in [0.25, 0.3) is 5.91 Å². The van der Waals surface area contributed by atoms with Crippen molar-refractivity contribution in [2.45, 2.75) is 37.9 Å². The smallest absolute Gasteiger partial charge is 0.264 e. The molecule has 2 heterocycles. The van der Waals surface area contributed by atoms with Gasteiger partial charge >= 0.3 is 0 Å². The van der Waals surface area contributed by atoms with Gasteiger partial charge in [-0.1, -0.05) is 35.5 Å². The highest BCUT2D eigenvalue weighted by molar-refractivity contribution is 6.04. The summed E-state index contributed by atoms with van der Waals surface area (Å²) in [6.07, 6.45) is 2.19. The fourth-order valence-corrected chi connectivity index (χ4v) is 2.85. The monoisotopic (exact) mass is 345 g/mol. The quantitative estimate of drug-likeness (QED) is 0.771. The number of rotatable bonds is 7. The molecule has 7 heteroatoms. The van der Waals surface area contributed by atoms with E-state index in [1.165, 1.54) is 0 Å². The molecule has 1 fully saturated rings. The van der Waals surface area contributed by atoms with E-state index in [1.54, 1.807) is 0 Å². The van der Waals surface area contributed by atoms with E-state index in [4.69, 9.17) is 9.57 Å². The third kappa shape index (κ3) is 5.03. The lowest BCUT2D eigenvalue weighted by Crippen LogP contribution is -2.38. The first kappa shape index (κ1) is 17.4. The summed E-state index contributed by atoms with van der Waals surface area (Å²) in [6.45, 7) is 1.58. The van der Waals surface area contributed by atoms with Gasteiger partial charge in [0.1, 0.15) is 0 Å². The van der Waals surface area contributed by atoms with E-state index in [9.17, 15) is 9.59 Å². The largest absolute Gasteiger partial charge is 0.382 e. The van der Waals surface area contributed by atoms with Crippen LogP contribution in [0.4, 0.5) is 0 Å². The van der Waals surface area contributed by atoms with Gasteiger partial charge in [-0.3, -0.25) is 9.59 Å². The molecule has 2 aliphatic rings. The van der Waals surface area contributed by atoms with Crippen LogP contribution in [0.25, 0.3) is 0 Å². The Hall–Kier alpha value is -2.41. The molecule has 2 amide bonds. The van der Waals surface area contributed by atoms with Gasteiger partial charge in [0, 0.05) is 32.5 Å². The summed E-state index contributed by atoms with van der Waals surface area (Å²) < 4.78 is 5.45. The molecule has 2 atom stereocenters. The summed E-state index contributed by atoms with van der Waals surface area (Å²) in [5.74, 6) is -0.342. The number of oxime groups is 1. The van der Waals surface area contributed by atoms with E-state index in [-0.39, 0.29) is 30.9 Å². The number of carbonyl (C=O) groups excluding carboxylic acids is 2. The summed E-state index contributed by atoms with van der Waals surface area (Å²) in [7, 11) is 0. The molecule has 1 aromatic rings. The van der Waals surface area contributed by atoms with Crippen LogP contribution in [-0.4, -0.2) is 49.4 Å². The fourth-order valence-electron chi connectivity index (χ4n) is 2.85. The van der Waals surface area contributed by atoms with Gasteiger partial charge in [0.15, 0.2) is 0 Å². The maximum absolute atomic E-state index is 12.1. The van der Waals surface area contributed by atoms with Crippen molar-refractivity contribution in [1.29, 1.82) is 0 Å². The second-order valence-electron chi connectivity index (χ2n) is 6.18. The van der Waals surface area contributed by atoms with Crippen molar-refractivity contribution in [3.63, 3.8) is 0 Å². The van der Waals surface area contributed by atoms with E-state index >= 15 is 0 Å². The molecule has 0 unspecified atom stereocenters. The third-order valence-corrected chi connectivity index (χ3v) is 4.27. The molecule has 0 spiro atoms. The van der Waals surface area contributed by atoms with Crippen molar-refractivity contribution in [2.75, 3.05) is 19.7 Å². The Morgan fingerprint density at radius 2 is 2.04 bits per heavy atom. The van der Waals surface area contributed by atoms with Gasteiger partial charge in [-0.05, 0) is 18.4 Å². The lowest BCUT2D eigenvalue weighted by molar-refractivity contribution is -0.131. The zero-order valence-electron chi connectivity index (χ0n) is 14.1. The van der Waals surface area contributed by atoms with Crippen LogP contribution in [0.5, 0.6) is 0 Å². The van der Waals surface area contributed by atoms with E-state index in [2.05, 4.69) is 15.8 Å². The number of amides is 2. The second-order valence-corrected chi connectivity index (χ2v) is 6.18. The molecule has 0 radical (unpaired) electrons. The number of nitrogens with one attached hydrogen (secondary N) is 2. The highest BCUT2D eigenvalue weighted by Gasteiger charge is 2.28. The summed E-state index contributed by atoms with van der Waals surface area (Å²) in [6, 6.07) is 9.62. The van der Waals surface area contributed by atoms with Crippen LogP contribution in [0.2, 0.25) is 0 Å². The number of ether oxygens (including phenoxy) is 1. The molecule has 7 nitrogen and oxygen atoms in total. The Bertz CT molecular complexity index is 626. The summed E-state index contributed by atoms with van der Waals surface area (Å²) in [4.78, 5) is 29.1. The average molecular weight is 345 g/mol. The maximum Gasteiger partial charge on any atom is 0.264 e. The van der Waals surface area contributed by atoms with Crippen LogP contribution < -0.4 is 10.6 Å². The SMILES string of the molecule is O=C(CCNC(=O)[C@@H]1CC(c2ccccc2)=NO1)NC[C@@H]1CCCO1. The molecule has 1 saturated heterocycles. The first-order chi connectivity index (χ1) is 12.2. The van der Waals surface area contributed by atoms with E-state index in [0.717, 1.165) is 30.7 Å². The maximum atomic E-state index is 12.1. The molecule has 1 aromatic carbocycles.